The molecule has 0 unspecified atom stereocenters. The molecule has 0 aromatic heterocycles. The quantitative estimate of drug-likeness (QED) is 0.590. The number of benzene rings is 2. The van der Waals surface area contributed by atoms with E-state index in [0.717, 1.165) is 50.1 Å². The average molecular weight is 410 g/mol. The fourth-order valence-corrected chi connectivity index (χ4v) is 4.62. The molecule has 162 valence electrons. The third kappa shape index (κ3) is 5.23. The highest BCUT2D eigenvalue weighted by molar-refractivity contribution is 5.73. The first-order valence-corrected chi connectivity index (χ1v) is 11.0. The fourth-order valence-electron chi connectivity index (χ4n) is 4.62. The Morgan fingerprint density at radius 1 is 1.13 bits per heavy atom. The van der Waals surface area contributed by atoms with Crippen LogP contribution in [0.2, 0.25) is 0 Å². The van der Waals surface area contributed by atoms with Crippen LogP contribution < -0.4 is 4.74 Å². The Morgan fingerprint density at radius 3 is 2.43 bits per heavy atom. The van der Waals surface area contributed by atoms with Crippen molar-refractivity contribution in [1.82, 2.24) is 4.90 Å². The molecule has 2 aromatic carbocycles. The highest BCUT2D eigenvalue weighted by Crippen LogP contribution is 2.45. The lowest BCUT2D eigenvalue weighted by atomic mass is 9.66. The summed E-state index contributed by atoms with van der Waals surface area (Å²) in [5, 5.41) is 0. The van der Waals surface area contributed by atoms with Crippen LogP contribution in [0.3, 0.4) is 0 Å². The minimum atomic E-state index is -0.140. The monoisotopic (exact) mass is 409 g/mol. The maximum absolute atomic E-state index is 12.4. The molecule has 30 heavy (non-hydrogen) atoms. The van der Waals surface area contributed by atoms with Gasteiger partial charge >= 0.3 is 0 Å². The maximum atomic E-state index is 12.4. The standard InChI is InChI=1S/C26H35NO3/c1-5-25(3)20-26(16-18-30-25,23-11-13-24(29-4)14-12-23)15-17-27(21(2)28)19-22-9-7-6-8-10-22/h6-14H,5,15-20H2,1-4H3/t25-,26+/m0/s1. The molecule has 0 bridgehead atoms. The lowest BCUT2D eigenvalue weighted by Gasteiger charge is -2.47. The largest absolute Gasteiger partial charge is 0.497 e. The summed E-state index contributed by atoms with van der Waals surface area (Å²) in [6.07, 6.45) is 3.82. The second kappa shape index (κ2) is 9.65. The van der Waals surface area contributed by atoms with Gasteiger partial charge in [0.25, 0.3) is 0 Å². The summed E-state index contributed by atoms with van der Waals surface area (Å²) in [6.45, 7) is 8.21. The summed E-state index contributed by atoms with van der Waals surface area (Å²) in [4.78, 5) is 14.4. The number of ether oxygens (including phenoxy) is 2. The number of methoxy groups -OCH3 is 1. The van der Waals surface area contributed by atoms with Gasteiger partial charge in [0.15, 0.2) is 0 Å². The zero-order chi connectivity index (χ0) is 21.6. The van der Waals surface area contributed by atoms with Gasteiger partial charge in [0, 0.05) is 32.0 Å². The van der Waals surface area contributed by atoms with Crippen molar-refractivity contribution < 1.29 is 14.3 Å². The molecule has 4 nitrogen and oxygen atoms in total. The van der Waals surface area contributed by atoms with E-state index >= 15 is 0 Å². The van der Waals surface area contributed by atoms with E-state index in [9.17, 15) is 4.79 Å². The summed E-state index contributed by atoms with van der Waals surface area (Å²) >= 11 is 0. The molecule has 1 amide bonds. The van der Waals surface area contributed by atoms with E-state index in [-0.39, 0.29) is 16.9 Å². The van der Waals surface area contributed by atoms with Gasteiger partial charge < -0.3 is 14.4 Å². The summed E-state index contributed by atoms with van der Waals surface area (Å²) in [6, 6.07) is 18.7. The van der Waals surface area contributed by atoms with Gasteiger partial charge in [-0.3, -0.25) is 4.79 Å². The molecule has 0 aliphatic carbocycles. The smallest absolute Gasteiger partial charge is 0.219 e. The molecule has 1 heterocycles. The van der Waals surface area contributed by atoms with Gasteiger partial charge in [-0.15, -0.1) is 0 Å². The maximum Gasteiger partial charge on any atom is 0.219 e. The zero-order valence-corrected chi connectivity index (χ0v) is 18.8. The number of rotatable bonds is 8. The second-order valence-corrected chi connectivity index (χ2v) is 8.76. The van der Waals surface area contributed by atoms with Crippen LogP contribution in [-0.2, 0) is 21.5 Å². The summed E-state index contributed by atoms with van der Waals surface area (Å²) in [7, 11) is 1.70. The molecule has 3 rings (SSSR count). The van der Waals surface area contributed by atoms with Gasteiger partial charge in [0.2, 0.25) is 5.91 Å². The zero-order valence-electron chi connectivity index (χ0n) is 18.8. The Kier molecular flexibility index (Phi) is 7.19. The van der Waals surface area contributed by atoms with Crippen molar-refractivity contribution >= 4 is 5.91 Å². The van der Waals surface area contributed by atoms with Gasteiger partial charge in [-0.1, -0.05) is 49.4 Å². The summed E-state index contributed by atoms with van der Waals surface area (Å²) in [5.41, 5.74) is 2.32. The molecule has 0 N–H and O–H groups in total. The van der Waals surface area contributed by atoms with Crippen molar-refractivity contribution in [3.8, 4) is 5.75 Å². The van der Waals surface area contributed by atoms with Gasteiger partial charge in [0.1, 0.15) is 5.75 Å². The predicted octanol–water partition coefficient (Wildman–Crippen LogP) is 5.35. The minimum Gasteiger partial charge on any atom is -0.497 e. The number of nitrogens with zero attached hydrogens (tertiary/aromatic N) is 1. The Hall–Kier alpha value is -2.33. The van der Waals surface area contributed by atoms with Crippen LogP contribution >= 0.6 is 0 Å². The first-order valence-electron chi connectivity index (χ1n) is 11.0. The van der Waals surface area contributed by atoms with Gasteiger partial charge in [-0.2, -0.15) is 0 Å². The molecule has 2 atom stereocenters. The predicted molar refractivity (Wildman–Crippen MR) is 121 cm³/mol. The van der Waals surface area contributed by atoms with Crippen LogP contribution in [0.25, 0.3) is 0 Å². The van der Waals surface area contributed by atoms with Crippen LogP contribution in [0, 0.1) is 0 Å². The molecule has 0 radical (unpaired) electrons. The molecule has 1 saturated heterocycles. The summed E-state index contributed by atoms with van der Waals surface area (Å²) in [5.74, 6) is 0.989. The van der Waals surface area contributed by atoms with E-state index in [1.165, 1.54) is 5.56 Å². The molecule has 0 spiro atoms. The van der Waals surface area contributed by atoms with Crippen molar-refractivity contribution in [2.75, 3.05) is 20.3 Å². The molecule has 1 fully saturated rings. The molecule has 1 aliphatic rings. The SMILES string of the molecule is CC[C@@]1(C)C[C@](CCN(Cc2ccccc2)C(C)=O)(c2ccc(OC)cc2)CCO1. The molecular weight excluding hydrogens is 374 g/mol. The number of amides is 1. The van der Waals surface area contributed by atoms with Crippen LogP contribution in [-0.4, -0.2) is 36.7 Å². The van der Waals surface area contributed by atoms with E-state index in [1.807, 2.05) is 35.2 Å². The van der Waals surface area contributed by atoms with Gasteiger partial charge in [0.05, 0.1) is 12.7 Å². The van der Waals surface area contributed by atoms with E-state index in [0.29, 0.717) is 6.54 Å². The van der Waals surface area contributed by atoms with Crippen molar-refractivity contribution in [1.29, 1.82) is 0 Å². The lowest BCUT2D eigenvalue weighted by Crippen LogP contribution is -2.47. The first-order chi connectivity index (χ1) is 14.4. The van der Waals surface area contributed by atoms with E-state index in [4.69, 9.17) is 9.47 Å². The Labute approximate surface area is 181 Å². The Balaban J connectivity index is 1.85. The highest BCUT2D eigenvalue weighted by Gasteiger charge is 2.43. The number of hydrogen-bond donors (Lipinski definition) is 0. The topological polar surface area (TPSA) is 38.8 Å². The van der Waals surface area contributed by atoms with E-state index < -0.39 is 0 Å². The number of carbonyl (C=O) groups excluding carboxylic acids is 1. The van der Waals surface area contributed by atoms with Crippen LogP contribution in [0.1, 0.15) is 57.6 Å². The third-order valence-electron chi connectivity index (χ3n) is 6.72. The molecular formula is C26H35NO3. The first kappa shape index (κ1) is 22.4. The van der Waals surface area contributed by atoms with Crippen LogP contribution in [0.15, 0.2) is 54.6 Å². The van der Waals surface area contributed by atoms with E-state index in [1.54, 1.807) is 14.0 Å². The summed E-state index contributed by atoms with van der Waals surface area (Å²) < 4.78 is 11.6. The number of carbonyl (C=O) groups is 1. The highest BCUT2D eigenvalue weighted by atomic mass is 16.5. The van der Waals surface area contributed by atoms with Crippen LogP contribution in [0.5, 0.6) is 5.75 Å². The third-order valence-corrected chi connectivity index (χ3v) is 6.72. The van der Waals surface area contributed by atoms with E-state index in [2.05, 4.69) is 38.1 Å². The Bertz CT molecular complexity index is 820. The average Bonchev–Trinajstić information content (AvgIpc) is 2.77. The van der Waals surface area contributed by atoms with Crippen LogP contribution in [0.4, 0.5) is 0 Å². The minimum absolute atomic E-state index is 0.0142. The molecule has 0 saturated carbocycles. The van der Waals surface area contributed by atoms with Crippen molar-refractivity contribution in [3.63, 3.8) is 0 Å². The number of hydrogen-bond acceptors (Lipinski definition) is 3. The molecule has 4 heteroatoms. The molecule has 2 aromatic rings. The Morgan fingerprint density at radius 2 is 1.83 bits per heavy atom. The van der Waals surface area contributed by atoms with Gasteiger partial charge in [-0.05, 0) is 55.9 Å². The van der Waals surface area contributed by atoms with Gasteiger partial charge in [-0.25, -0.2) is 0 Å². The van der Waals surface area contributed by atoms with Crippen molar-refractivity contribution in [2.24, 2.45) is 0 Å². The van der Waals surface area contributed by atoms with Crippen molar-refractivity contribution in [3.05, 3.63) is 65.7 Å². The fraction of sp³-hybridized carbons (Fsp3) is 0.500. The second-order valence-electron chi connectivity index (χ2n) is 8.76. The molecule has 1 aliphatic heterocycles. The van der Waals surface area contributed by atoms with Crippen molar-refractivity contribution in [2.45, 2.75) is 64.0 Å². The lowest BCUT2D eigenvalue weighted by molar-refractivity contribution is -0.130. The normalized spacial score (nSPS) is 23.7.